The molecule has 0 bridgehead atoms. The van der Waals surface area contributed by atoms with E-state index in [1.54, 1.807) is 0 Å². The fourth-order valence-corrected chi connectivity index (χ4v) is 6.26. The smallest absolute Gasteiger partial charge is 0.159 e. The van der Waals surface area contributed by atoms with Gasteiger partial charge in [-0.2, -0.15) is 0 Å². The summed E-state index contributed by atoms with van der Waals surface area (Å²) in [7, 11) is 0. The van der Waals surface area contributed by atoms with Crippen molar-refractivity contribution in [1.82, 2.24) is 4.98 Å². The molecule has 33 heavy (non-hydrogen) atoms. The molecule has 3 nitrogen and oxygen atoms in total. The van der Waals surface area contributed by atoms with Crippen LogP contribution >= 0.6 is 0 Å². The Morgan fingerprint density at radius 3 is 2.39 bits per heavy atom. The van der Waals surface area contributed by atoms with Crippen molar-refractivity contribution < 1.29 is 0 Å². The summed E-state index contributed by atoms with van der Waals surface area (Å²) in [5.74, 6) is 2.72. The number of hydrogen-bond donors (Lipinski definition) is 0. The quantitative estimate of drug-likeness (QED) is 0.455. The minimum Gasteiger partial charge on any atom is -0.345 e. The molecule has 1 aromatic carbocycles. The summed E-state index contributed by atoms with van der Waals surface area (Å²) in [6, 6.07) is 13.8. The fraction of sp³-hybridized carbons (Fsp3) is 0.433. The second-order valence-electron chi connectivity index (χ2n) is 10.6. The molecule has 5 rings (SSSR count). The summed E-state index contributed by atoms with van der Waals surface area (Å²) in [6.07, 6.45) is 4.76. The van der Waals surface area contributed by atoms with Crippen LogP contribution < -0.4 is 9.80 Å². The lowest BCUT2D eigenvalue weighted by molar-refractivity contribution is 0.377. The molecule has 0 N–H and O–H groups in total. The van der Waals surface area contributed by atoms with E-state index in [2.05, 4.69) is 113 Å². The third-order valence-corrected chi connectivity index (χ3v) is 8.02. The highest BCUT2D eigenvalue weighted by Crippen LogP contribution is 2.54. The molecule has 4 atom stereocenters. The number of para-hydroxylation sites is 1. The Hall–Kier alpha value is -2.81. The number of benzene rings is 1. The van der Waals surface area contributed by atoms with Gasteiger partial charge in [0.25, 0.3) is 0 Å². The average molecular weight is 440 g/mol. The molecular weight excluding hydrogens is 402 g/mol. The second kappa shape index (κ2) is 7.90. The summed E-state index contributed by atoms with van der Waals surface area (Å²) in [6.45, 7) is 20.3. The first-order valence-electron chi connectivity index (χ1n) is 12.5. The van der Waals surface area contributed by atoms with Crippen LogP contribution in [0.2, 0.25) is 0 Å². The van der Waals surface area contributed by atoms with Gasteiger partial charge >= 0.3 is 0 Å². The molecule has 3 heteroatoms. The van der Waals surface area contributed by atoms with Gasteiger partial charge in [0.2, 0.25) is 0 Å². The van der Waals surface area contributed by atoms with Gasteiger partial charge in [-0.25, -0.2) is 4.98 Å². The van der Waals surface area contributed by atoms with E-state index in [0.717, 1.165) is 11.5 Å². The van der Waals surface area contributed by atoms with Crippen LogP contribution in [0.1, 0.15) is 65.6 Å². The van der Waals surface area contributed by atoms with Gasteiger partial charge in [-0.3, -0.25) is 0 Å². The molecule has 0 radical (unpaired) electrons. The maximum absolute atomic E-state index is 5.42. The highest BCUT2D eigenvalue weighted by atomic mass is 15.5. The zero-order chi connectivity index (χ0) is 23.6. The van der Waals surface area contributed by atoms with Gasteiger partial charge in [0.1, 0.15) is 6.17 Å². The van der Waals surface area contributed by atoms with Crippen LogP contribution in [0.5, 0.6) is 0 Å². The molecular formula is C30H37N3. The third kappa shape index (κ3) is 3.12. The highest BCUT2D eigenvalue weighted by Gasteiger charge is 2.48. The molecule has 1 aliphatic carbocycles. The van der Waals surface area contributed by atoms with E-state index in [-0.39, 0.29) is 6.17 Å². The molecule has 0 fully saturated rings. The van der Waals surface area contributed by atoms with Gasteiger partial charge in [-0.15, -0.1) is 6.58 Å². The molecule has 2 aromatic rings. The Morgan fingerprint density at radius 1 is 1.00 bits per heavy atom. The van der Waals surface area contributed by atoms with Crippen LogP contribution in [0.15, 0.2) is 66.3 Å². The van der Waals surface area contributed by atoms with Crippen molar-refractivity contribution in [3.05, 3.63) is 77.5 Å². The maximum Gasteiger partial charge on any atom is 0.159 e. The van der Waals surface area contributed by atoms with Gasteiger partial charge in [0.05, 0.1) is 11.4 Å². The Kier molecular flexibility index (Phi) is 5.27. The van der Waals surface area contributed by atoms with Crippen molar-refractivity contribution in [2.45, 2.75) is 66.6 Å². The van der Waals surface area contributed by atoms with E-state index in [4.69, 9.17) is 4.98 Å². The van der Waals surface area contributed by atoms with Crippen molar-refractivity contribution >= 4 is 22.8 Å². The van der Waals surface area contributed by atoms with E-state index >= 15 is 0 Å². The standard InChI is InChI=1S/C30H37N3/c1-9-22-21(8)30-32(18(4)5)27-15-14-25(28-20(7)19(6)16-24(28)17(2)3)31-29(27)33(30)26-13-11-10-12-23(22)26/h9-18,20-22,30H,1H2,2-8H3/t20-,21?,22?,30?/m1/s1. The lowest BCUT2D eigenvalue weighted by Gasteiger charge is -2.46. The fourth-order valence-electron chi connectivity index (χ4n) is 6.26. The van der Waals surface area contributed by atoms with Crippen molar-refractivity contribution in [2.75, 3.05) is 9.80 Å². The summed E-state index contributed by atoms with van der Waals surface area (Å²) >= 11 is 0. The van der Waals surface area contributed by atoms with Crippen molar-refractivity contribution in [1.29, 1.82) is 0 Å². The number of aromatic nitrogens is 1. The van der Waals surface area contributed by atoms with E-state index in [9.17, 15) is 0 Å². The van der Waals surface area contributed by atoms with E-state index in [1.165, 1.54) is 33.7 Å². The Bertz CT molecular complexity index is 1170. The van der Waals surface area contributed by atoms with Crippen LogP contribution in [0, 0.1) is 17.8 Å². The van der Waals surface area contributed by atoms with Crippen LogP contribution in [0.25, 0.3) is 5.57 Å². The lowest BCUT2D eigenvalue weighted by Crippen LogP contribution is -2.52. The predicted molar refractivity (Wildman–Crippen MR) is 141 cm³/mol. The molecule has 172 valence electrons. The zero-order valence-electron chi connectivity index (χ0n) is 21.1. The SMILES string of the molecule is C=CC1c2ccccc2N2c3nc(C4=C(C(C)C)C=C(C)[C@H]4C)ccc3N(C(C)C)C2C1C. The van der Waals surface area contributed by atoms with Gasteiger partial charge in [-0.05, 0) is 61.6 Å². The first-order chi connectivity index (χ1) is 15.8. The highest BCUT2D eigenvalue weighted by molar-refractivity contribution is 5.86. The first-order valence-corrected chi connectivity index (χ1v) is 12.5. The number of anilines is 3. The molecule has 0 amide bonds. The number of nitrogens with zero attached hydrogens (tertiary/aromatic N) is 3. The van der Waals surface area contributed by atoms with Crippen LogP contribution in [0.3, 0.4) is 0 Å². The molecule has 0 spiro atoms. The zero-order valence-corrected chi connectivity index (χ0v) is 21.1. The van der Waals surface area contributed by atoms with E-state index < -0.39 is 0 Å². The molecule has 3 unspecified atom stereocenters. The minimum atomic E-state index is 0.236. The molecule has 2 aliphatic heterocycles. The Morgan fingerprint density at radius 2 is 1.73 bits per heavy atom. The van der Waals surface area contributed by atoms with E-state index in [1.807, 2.05) is 0 Å². The summed E-state index contributed by atoms with van der Waals surface area (Å²) < 4.78 is 0. The number of pyridine rings is 1. The topological polar surface area (TPSA) is 19.4 Å². The third-order valence-electron chi connectivity index (χ3n) is 8.02. The minimum absolute atomic E-state index is 0.236. The molecule has 3 aliphatic rings. The van der Waals surface area contributed by atoms with Gasteiger partial charge in [-0.1, -0.05) is 63.6 Å². The molecule has 3 heterocycles. The van der Waals surface area contributed by atoms with Crippen molar-refractivity contribution in [3.63, 3.8) is 0 Å². The van der Waals surface area contributed by atoms with Gasteiger partial charge in [0, 0.05) is 29.5 Å². The molecule has 1 aromatic heterocycles. The van der Waals surface area contributed by atoms with Crippen LogP contribution in [0.4, 0.5) is 17.2 Å². The van der Waals surface area contributed by atoms with Crippen LogP contribution in [-0.4, -0.2) is 17.2 Å². The predicted octanol–water partition coefficient (Wildman–Crippen LogP) is 7.70. The number of fused-ring (bicyclic) bond motifs is 5. The van der Waals surface area contributed by atoms with E-state index in [0.29, 0.717) is 29.7 Å². The average Bonchev–Trinajstić information content (AvgIpc) is 3.29. The Labute approximate surface area is 199 Å². The van der Waals surface area contributed by atoms with Crippen LogP contribution in [-0.2, 0) is 0 Å². The molecule has 0 saturated carbocycles. The number of hydrogen-bond acceptors (Lipinski definition) is 3. The van der Waals surface area contributed by atoms with Gasteiger partial charge < -0.3 is 9.80 Å². The van der Waals surface area contributed by atoms with Crippen molar-refractivity contribution in [2.24, 2.45) is 17.8 Å². The summed E-state index contributed by atoms with van der Waals surface area (Å²) in [4.78, 5) is 10.5. The maximum atomic E-state index is 5.42. The largest absolute Gasteiger partial charge is 0.345 e. The monoisotopic (exact) mass is 439 g/mol. The normalized spacial score (nSPS) is 26.0. The Balaban J connectivity index is 1.73. The lowest BCUT2D eigenvalue weighted by atomic mass is 9.80. The summed E-state index contributed by atoms with van der Waals surface area (Å²) in [5, 5.41) is 0. The summed E-state index contributed by atoms with van der Waals surface area (Å²) in [5.41, 5.74) is 9.25. The van der Waals surface area contributed by atoms with Gasteiger partial charge in [0.15, 0.2) is 5.82 Å². The first kappa shape index (κ1) is 22.0. The molecule has 0 saturated heterocycles. The number of rotatable bonds is 4. The number of allylic oxidation sites excluding steroid dienone is 5. The van der Waals surface area contributed by atoms with Crippen molar-refractivity contribution in [3.8, 4) is 0 Å². The second-order valence-corrected chi connectivity index (χ2v) is 10.6.